The number of ether oxygens (including phenoxy) is 2. The Labute approximate surface area is 205 Å². The van der Waals surface area contributed by atoms with E-state index in [1.807, 2.05) is 31.2 Å². The second kappa shape index (κ2) is 9.23. The minimum absolute atomic E-state index is 0.0145. The van der Waals surface area contributed by atoms with E-state index >= 15 is 0 Å². The topological polar surface area (TPSA) is 89.0 Å². The van der Waals surface area contributed by atoms with Crippen LogP contribution in [0.4, 0.5) is 5.13 Å². The van der Waals surface area contributed by atoms with E-state index in [-0.39, 0.29) is 11.3 Å². The molecular weight excluding hydrogens is 464 g/mol. The van der Waals surface area contributed by atoms with Crippen LogP contribution in [-0.4, -0.2) is 35.5 Å². The molecule has 0 saturated carbocycles. The molecule has 1 atom stereocenters. The first-order valence-corrected chi connectivity index (χ1v) is 11.9. The molecule has 0 bridgehead atoms. The van der Waals surface area contributed by atoms with Gasteiger partial charge < -0.3 is 14.6 Å². The van der Waals surface area contributed by atoms with E-state index in [1.165, 1.54) is 16.2 Å². The molecule has 1 fully saturated rings. The number of anilines is 1. The molecule has 0 spiro atoms. The van der Waals surface area contributed by atoms with Crippen LogP contribution in [0.25, 0.3) is 16.0 Å². The highest BCUT2D eigenvalue weighted by Crippen LogP contribution is 2.44. The predicted molar refractivity (Wildman–Crippen MR) is 135 cm³/mol. The number of ketones is 1. The Balaban J connectivity index is 1.69. The van der Waals surface area contributed by atoms with Gasteiger partial charge in [-0.2, -0.15) is 0 Å². The Morgan fingerprint density at radius 1 is 1.03 bits per heavy atom. The van der Waals surface area contributed by atoms with Crippen LogP contribution in [0.1, 0.15) is 24.1 Å². The Morgan fingerprint density at radius 2 is 1.74 bits per heavy atom. The average Bonchev–Trinajstić information content (AvgIpc) is 3.42. The number of benzene rings is 3. The lowest BCUT2D eigenvalue weighted by Gasteiger charge is -2.23. The van der Waals surface area contributed by atoms with Crippen molar-refractivity contribution in [3.8, 4) is 11.5 Å². The maximum Gasteiger partial charge on any atom is 0.301 e. The molecule has 5 rings (SSSR count). The molecule has 4 aromatic rings. The summed E-state index contributed by atoms with van der Waals surface area (Å²) in [6, 6.07) is 20.4. The number of carbonyl (C=O) groups is 2. The van der Waals surface area contributed by atoms with Crippen LogP contribution < -0.4 is 14.4 Å². The quantitative estimate of drug-likeness (QED) is 0.225. The molecule has 1 aromatic heterocycles. The largest absolute Gasteiger partial charge is 0.507 e. The lowest BCUT2D eigenvalue weighted by molar-refractivity contribution is -0.132. The molecule has 1 aliphatic rings. The van der Waals surface area contributed by atoms with Crippen LogP contribution in [0.5, 0.6) is 11.5 Å². The number of Topliss-reactive ketones (excluding diaryl/α,β-unsaturated/α-hetero) is 1. The van der Waals surface area contributed by atoms with Gasteiger partial charge in [-0.15, -0.1) is 0 Å². The summed E-state index contributed by atoms with van der Waals surface area (Å²) in [5, 5.41) is 11.5. The zero-order chi connectivity index (χ0) is 24.5. The highest BCUT2D eigenvalue weighted by atomic mass is 32.1. The van der Waals surface area contributed by atoms with Crippen molar-refractivity contribution < 1.29 is 24.2 Å². The SMILES string of the molecule is CCOc1ccc2nc(N3C(=O)C(=O)C(=C(O)c4ccccc4)[C@@H]3c3ccc(OC)cc3)sc2c1. The first kappa shape index (κ1) is 22.6. The lowest BCUT2D eigenvalue weighted by Crippen LogP contribution is -2.29. The number of hydrogen-bond acceptors (Lipinski definition) is 7. The third kappa shape index (κ3) is 4.02. The number of carbonyl (C=O) groups excluding carboxylic acids is 2. The normalized spacial score (nSPS) is 17.2. The zero-order valence-electron chi connectivity index (χ0n) is 19.1. The maximum atomic E-state index is 13.4. The van der Waals surface area contributed by atoms with Gasteiger partial charge in [-0.1, -0.05) is 53.8 Å². The number of thiazole rings is 1. The number of amides is 1. The molecule has 2 heterocycles. The summed E-state index contributed by atoms with van der Waals surface area (Å²) >= 11 is 1.29. The van der Waals surface area contributed by atoms with Crippen LogP contribution in [-0.2, 0) is 9.59 Å². The Kier molecular flexibility index (Phi) is 5.96. The number of nitrogens with zero attached hydrogens (tertiary/aromatic N) is 2. The summed E-state index contributed by atoms with van der Waals surface area (Å²) in [4.78, 5) is 32.7. The van der Waals surface area contributed by atoms with E-state index in [0.717, 1.165) is 4.70 Å². The number of aliphatic hydroxyl groups excluding tert-OH is 1. The third-order valence-corrected chi connectivity index (χ3v) is 6.81. The van der Waals surface area contributed by atoms with Crippen molar-refractivity contribution in [1.82, 2.24) is 4.98 Å². The van der Waals surface area contributed by atoms with Crippen molar-refractivity contribution in [2.45, 2.75) is 13.0 Å². The summed E-state index contributed by atoms with van der Waals surface area (Å²) < 4.78 is 11.7. The van der Waals surface area contributed by atoms with Crippen molar-refractivity contribution in [1.29, 1.82) is 0 Å². The highest BCUT2D eigenvalue weighted by Gasteiger charge is 2.48. The number of methoxy groups -OCH3 is 1. The molecule has 1 saturated heterocycles. The molecule has 1 aliphatic heterocycles. The van der Waals surface area contributed by atoms with Crippen LogP contribution in [0.2, 0.25) is 0 Å². The Bertz CT molecular complexity index is 1440. The number of fused-ring (bicyclic) bond motifs is 1. The molecule has 176 valence electrons. The molecule has 1 N–H and O–H groups in total. The molecule has 0 aliphatic carbocycles. The van der Waals surface area contributed by atoms with Gasteiger partial charge in [-0.3, -0.25) is 14.5 Å². The maximum absolute atomic E-state index is 13.4. The van der Waals surface area contributed by atoms with Crippen LogP contribution in [0, 0.1) is 0 Å². The van der Waals surface area contributed by atoms with Crippen molar-refractivity contribution in [3.05, 3.63) is 89.5 Å². The molecule has 3 aromatic carbocycles. The van der Waals surface area contributed by atoms with Crippen LogP contribution in [0.3, 0.4) is 0 Å². The molecule has 8 heteroatoms. The van der Waals surface area contributed by atoms with Crippen LogP contribution >= 0.6 is 11.3 Å². The van der Waals surface area contributed by atoms with Gasteiger partial charge in [0.15, 0.2) is 5.13 Å². The van der Waals surface area contributed by atoms with Gasteiger partial charge in [0.05, 0.1) is 35.5 Å². The first-order chi connectivity index (χ1) is 17.0. The number of aromatic nitrogens is 1. The summed E-state index contributed by atoms with van der Waals surface area (Å²) in [5.41, 5.74) is 1.80. The van der Waals surface area contributed by atoms with E-state index in [1.54, 1.807) is 55.6 Å². The number of rotatable bonds is 6. The molecule has 0 unspecified atom stereocenters. The molecule has 7 nitrogen and oxygen atoms in total. The molecule has 0 radical (unpaired) electrons. The van der Waals surface area contributed by atoms with Crippen molar-refractivity contribution in [3.63, 3.8) is 0 Å². The van der Waals surface area contributed by atoms with E-state index in [2.05, 4.69) is 4.98 Å². The van der Waals surface area contributed by atoms with Gasteiger partial charge >= 0.3 is 5.91 Å². The number of hydrogen-bond donors (Lipinski definition) is 1. The highest BCUT2D eigenvalue weighted by molar-refractivity contribution is 7.22. The fourth-order valence-corrected chi connectivity index (χ4v) is 5.16. The van der Waals surface area contributed by atoms with Gasteiger partial charge in [0.1, 0.15) is 17.3 Å². The van der Waals surface area contributed by atoms with E-state index in [9.17, 15) is 14.7 Å². The lowest BCUT2D eigenvalue weighted by atomic mass is 9.95. The molecular formula is C27H22N2O5S. The standard InChI is InChI=1S/C27H22N2O5S/c1-3-34-19-13-14-20-21(15-19)35-27(28-20)29-23(16-9-11-18(33-2)12-10-16)22(25(31)26(29)32)24(30)17-7-5-4-6-8-17/h4-15,23,30H,3H2,1-2H3/t23-/m0/s1. The zero-order valence-corrected chi connectivity index (χ0v) is 19.9. The fourth-order valence-electron chi connectivity index (χ4n) is 4.14. The Hall–Kier alpha value is -4.17. The van der Waals surface area contributed by atoms with Crippen molar-refractivity contribution in [2.24, 2.45) is 0 Å². The third-order valence-electron chi connectivity index (χ3n) is 5.79. The Morgan fingerprint density at radius 3 is 2.43 bits per heavy atom. The van der Waals surface area contributed by atoms with Crippen molar-refractivity contribution in [2.75, 3.05) is 18.6 Å². The summed E-state index contributed by atoms with van der Waals surface area (Å²) in [6.07, 6.45) is 0. The van der Waals surface area contributed by atoms with Crippen molar-refractivity contribution >= 4 is 44.1 Å². The smallest absolute Gasteiger partial charge is 0.301 e. The van der Waals surface area contributed by atoms with E-state index < -0.39 is 17.7 Å². The second-order valence-corrected chi connectivity index (χ2v) is 8.88. The minimum Gasteiger partial charge on any atom is -0.507 e. The second-order valence-electron chi connectivity index (χ2n) is 7.87. The van der Waals surface area contributed by atoms with E-state index in [4.69, 9.17) is 9.47 Å². The van der Waals surface area contributed by atoms with Gasteiger partial charge in [0.2, 0.25) is 0 Å². The van der Waals surface area contributed by atoms with Crippen LogP contribution in [0.15, 0.2) is 78.4 Å². The summed E-state index contributed by atoms with van der Waals surface area (Å²) in [5.74, 6) is -0.397. The van der Waals surface area contributed by atoms with Gasteiger partial charge in [-0.25, -0.2) is 4.98 Å². The predicted octanol–water partition coefficient (Wildman–Crippen LogP) is 5.33. The fraction of sp³-hybridized carbons (Fsp3) is 0.148. The molecule has 1 amide bonds. The minimum atomic E-state index is -0.854. The summed E-state index contributed by atoms with van der Waals surface area (Å²) in [6.45, 7) is 2.44. The monoisotopic (exact) mass is 486 g/mol. The van der Waals surface area contributed by atoms with Gasteiger partial charge in [-0.05, 0) is 42.8 Å². The number of aliphatic hydroxyl groups is 1. The molecule has 35 heavy (non-hydrogen) atoms. The average molecular weight is 487 g/mol. The van der Waals surface area contributed by atoms with Gasteiger partial charge in [0.25, 0.3) is 5.78 Å². The van der Waals surface area contributed by atoms with Gasteiger partial charge in [0, 0.05) is 5.56 Å². The summed E-state index contributed by atoms with van der Waals surface area (Å²) in [7, 11) is 1.56. The van der Waals surface area contributed by atoms with E-state index in [0.29, 0.717) is 39.9 Å². The first-order valence-electron chi connectivity index (χ1n) is 11.1.